The highest BCUT2D eigenvalue weighted by atomic mass is 19.1. The van der Waals surface area contributed by atoms with Crippen LogP contribution in [0.15, 0.2) is 30.3 Å². The molecule has 2 rings (SSSR count). The van der Waals surface area contributed by atoms with E-state index in [1.807, 2.05) is 13.8 Å². The molecule has 1 aromatic heterocycles. The number of esters is 1. The third-order valence-corrected chi connectivity index (χ3v) is 3.01. The van der Waals surface area contributed by atoms with E-state index < -0.39 is 17.7 Å². The molecule has 0 spiro atoms. The molecule has 6 nitrogen and oxygen atoms in total. The summed E-state index contributed by atoms with van der Waals surface area (Å²) in [7, 11) is 1.25. The first-order valence-electron chi connectivity index (χ1n) is 7.05. The number of amides is 1. The Hall–Kier alpha value is -2.83. The Kier molecular flexibility index (Phi) is 5.00. The number of ether oxygens (including phenoxy) is 1. The number of hydrogen-bond acceptors (Lipinski definition) is 4. The second kappa shape index (κ2) is 6.95. The van der Waals surface area contributed by atoms with Gasteiger partial charge in [-0.3, -0.25) is 4.79 Å². The maximum Gasteiger partial charge on any atom is 0.354 e. The van der Waals surface area contributed by atoms with Crippen molar-refractivity contribution in [2.45, 2.75) is 19.9 Å². The Bertz CT molecular complexity index is 725. The molecule has 0 aliphatic rings. The minimum absolute atomic E-state index is 0.118. The molecule has 0 aliphatic carbocycles. The van der Waals surface area contributed by atoms with Crippen LogP contribution in [-0.4, -0.2) is 30.0 Å². The predicted molar refractivity (Wildman–Crippen MR) is 85.2 cm³/mol. The van der Waals surface area contributed by atoms with Gasteiger partial charge in [0.25, 0.3) is 5.91 Å². The molecule has 1 amide bonds. The molecule has 1 aromatic carbocycles. The highest BCUT2D eigenvalue weighted by Crippen LogP contribution is 2.24. The standard InChI is InChI=1S/C16H18FN3O3/c1-9(2)18-11-5-4-10(17)8-14(11)20-15(21)12-6-7-13(19-12)16(22)23-3/h4-9,18-19H,1-3H3,(H,20,21). The van der Waals surface area contributed by atoms with E-state index in [1.165, 1.54) is 31.4 Å². The third kappa shape index (κ3) is 4.09. The highest BCUT2D eigenvalue weighted by molar-refractivity contribution is 6.05. The van der Waals surface area contributed by atoms with Gasteiger partial charge in [0.05, 0.1) is 18.5 Å². The molecule has 23 heavy (non-hydrogen) atoms. The average molecular weight is 319 g/mol. The molecule has 0 bridgehead atoms. The molecule has 0 radical (unpaired) electrons. The fraction of sp³-hybridized carbons (Fsp3) is 0.250. The molecule has 0 fully saturated rings. The lowest BCUT2D eigenvalue weighted by Gasteiger charge is -2.15. The number of aromatic nitrogens is 1. The number of carbonyl (C=O) groups excluding carboxylic acids is 2. The average Bonchev–Trinajstić information content (AvgIpc) is 2.99. The first-order valence-corrected chi connectivity index (χ1v) is 7.05. The van der Waals surface area contributed by atoms with E-state index >= 15 is 0 Å². The number of aromatic amines is 1. The molecule has 2 aromatic rings. The maximum atomic E-state index is 13.4. The molecule has 0 aliphatic heterocycles. The smallest absolute Gasteiger partial charge is 0.354 e. The molecule has 122 valence electrons. The predicted octanol–water partition coefficient (Wildman–Crippen LogP) is 3.01. The molecule has 3 N–H and O–H groups in total. The van der Waals surface area contributed by atoms with E-state index in [0.717, 1.165) is 0 Å². The minimum Gasteiger partial charge on any atom is -0.464 e. The summed E-state index contributed by atoms with van der Waals surface area (Å²) in [5.74, 6) is -1.52. The van der Waals surface area contributed by atoms with Crippen LogP contribution in [0.5, 0.6) is 0 Å². The Morgan fingerprint density at radius 1 is 1.13 bits per heavy atom. The third-order valence-electron chi connectivity index (χ3n) is 3.01. The van der Waals surface area contributed by atoms with Gasteiger partial charge in [-0.25, -0.2) is 9.18 Å². The Labute approximate surface area is 133 Å². The minimum atomic E-state index is -0.572. The zero-order valence-electron chi connectivity index (χ0n) is 13.1. The topological polar surface area (TPSA) is 83.2 Å². The van der Waals surface area contributed by atoms with Gasteiger partial charge >= 0.3 is 5.97 Å². The van der Waals surface area contributed by atoms with Crippen LogP contribution in [-0.2, 0) is 4.74 Å². The fourth-order valence-corrected chi connectivity index (χ4v) is 2.00. The summed E-state index contributed by atoms with van der Waals surface area (Å²) in [6.07, 6.45) is 0. The van der Waals surface area contributed by atoms with Gasteiger partial charge < -0.3 is 20.4 Å². The van der Waals surface area contributed by atoms with Crippen molar-refractivity contribution in [1.82, 2.24) is 4.98 Å². The van der Waals surface area contributed by atoms with E-state index in [2.05, 4.69) is 20.4 Å². The summed E-state index contributed by atoms with van der Waals surface area (Å²) in [6.45, 7) is 3.87. The van der Waals surface area contributed by atoms with Crippen LogP contribution >= 0.6 is 0 Å². The molecule has 0 unspecified atom stereocenters. The van der Waals surface area contributed by atoms with Crippen LogP contribution in [0.25, 0.3) is 0 Å². The number of methoxy groups -OCH3 is 1. The molecular formula is C16H18FN3O3. The van der Waals surface area contributed by atoms with Crippen LogP contribution < -0.4 is 10.6 Å². The Balaban J connectivity index is 2.21. The second-order valence-corrected chi connectivity index (χ2v) is 5.22. The lowest BCUT2D eigenvalue weighted by Crippen LogP contribution is -2.17. The van der Waals surface area contributed by atoms with Gasteiger partial charge in [0, 0.05) is 6.04 Å². The number of rotatable bonds is 5. The van der Waals surface area contributed by atoms with Crippen molar-refractivity contribution < 1.29 is 18.7 Å². The monoisotopic (exact) mass is 319 g/mol. The molecule has 1 heterocycles. The summed E-state index contributed by atoms with van der Waals surface area (Å²) in [4.78, 5) is 26.3. The van der Waals surface area contributed by atoms with Gasteiger partial charge in [-0.1, -0.05) is 0 Å². The van der Waals surface area contributed by atoms with Crippen molar-refractivity contribution in [1.29, 1.82) is 0 Å². The first-order chi connectivity index (χ1) is 10.9. The Morgan fingerprint density at radius 2 is 1.83 bits per heavy atom. The summed E-state index contributed by atoms with van der Waals surface area (Å²) in [6, 6.07) is 7.11. The molecule has 7 heteroatoms. The van der Waals surface area contributed by atoms with Gasteiger partial charge in [-0.05, 0) is 44.2 Å². The van der Waals surface area contributed by atoms with Gasteiger partial charge in [0.2, 0.25) is 0 Å². The zero-order chi connectivity index (χ0) is 17.0. The van der Waals surface area contributed by atoms with Crippen molar-refractivity contribution in [3.63, 3.8) is 0 Å². The number of nitrogens with one attached hydrogen (secondary N) is 3. The highest BCUT2D eigenvalue weighted by Gasteiger charge is 2.15. The van der Waals surface area contributed by atoms with E-state index in [1.54, 1.807) is 6.07 Å². The van der Waals surface area contributed by atoms with Gasteiger partial charge in [-0.2, -0.15) is 0 Å². The van der Waals surface area contributed by atoms with Crippen LogP contribution in [0.3, 0.4) is 0 Å². The molecule has 0 atom stereocenters. The molecule has 0 saturated carbocycles. The largest absolute Gasteiger partial charge is 0.464 e. The molecule has 0 saturated heterocycles. The van der Waals surface area contributed by atoms with Crippen molar-refractivity contribution in [2.75, 3.05) is 17.7 Å². The van der Waals surface area contributed by atoms with E-state index in [0.29, 0.717) is 11.4 Å². The van der Waals surface area contributed by atoms with Crippen molar-refractivity contribution >= 4 is 23.3 Å². The van der Waals surface area contributed by atoms with E-state index in [9.17, 15) is 14.0 Å². The molecular weight excluding hydrogens is 301 g/mol. The van der Waals surface area contributed by atoms with Crippen molar-refractivity contribution in [3.05, 3.63) is 47.5 Å². The van der Waals surface area contributed by atoms with Crippen LogP contribution in [0.2, 0.25) is 0 Å². The number of carbonyl (C=O) groups is 2. The number of anilines is 2. The SMILES string of the molecule is COC(=O)c1ccc(C(=O)Nc2cc(F)ccc2NC(C)C)[nH]1. The van der Waals surface area contributed by atoms with Crippen LogP contribution in [0.1, 0.15) is 34.8 Å². The van der Waals surface area contributed by atoms with Gasteiger partial charge in [0.15, 0.2) is 0 Å². The number of halogens is 1. The van der Waals surface area contributed by atoms with Crippen molar-refractivity contribution in [2.24, 2.45) is 0 Å². The number of H-pyrrole nitrogens is 1. The summed E-state index contributed by atoms with van der Waals surface area (Å²) < 4.78 is 18.0. The zero-order valence-corrected chi connectivity index (χ0v) is 13.1. The van der Waals surface area contributed by atoms with Gasteiger partial charge in [0.1, 0.15) is 17.2 Å². The number of benzene rings is 1. The van der Waals surface area contributed by atoms with Gasteiger partial charge in [-0.15, -0.1) is 0 Å². The summed E-state index contributed by atoms with van der Waals surface area (Å²) >= 11 is 0. The van der Waals surface area contributed by atoms with E-state index in [-0.39, 0.29) is 17.4 Å². The lowest BCUT2D eigenvalue weighted by atomic mass is 10.2. The van der Waals surface area contributed by atoms with Crippen LogP contribution in [0, 0.1) is 5.82 Å². The van der Waals surface area contributed by atoms with Crippen LogP contribution in [0.4, 0.5) is 15.8 Å². The Morgan fingerprint density at radius 3 is 2.48 bits per heavy atom. The normalized spacial score (nSPS) is 10.5. The van der Waals surface area contributed by atoms with E-state index in [4.69, 9.17) is 0 Å². The second-order valence-electron chi connectivity index (χ2n) is 5.22. The quantitative estimate of drug-likeness (QED) is 0.740. The summed E-state index contributed by atoms with van der Waals surface area (Å²) in [5.41, 5.74) is 1.26. The number of hydrogen-bond donors (Lipinski definition) is 3. The first kappa shape index (κ1) is 16.5. The van der Waals surface area contributed by atoms with Crippen molar-refractivity contribution in [3.8, 4) is 0 Å². The summed E-state index contributed by atoms with van der Waals surface area (Å²) in [5, 5.41) is 5.74. The lowest BCUT2D eigenvalue weighted by molar-refractivity contribution is 0.0595. The maximum absolute atomic E-state index is 13.4. The fourth-order valence-electron chi connectivity index (χ4n) is 2.00.